The Morgan fingerprint density at radius 3 is 2.50 bits per heavy atom. The quantitative estimate of drug-likeness (QED) is 0.850. The standard InChI is InChI=1S/C18H22N4O2/c1-12(2)20-18(24)16-8-4-7-15(22-16)10-13(3)21-17(23)14-6-5-9-19-11-14/h4-9,11-13H,10H2,1-3H3,(H,20,24)(H,21,23). The second-order valence-corrected chi connectivity index (χ2v) is 5.96. The number of carbonyl (C=O) groups excluding carboxylic acids is 2. The lowest BCUT2D eigenvalue weighted by atomic mass is 10.1. The highest BCUT2D eigenvalue weighted by atomic mass is 16.2. The first-order valence-corrected chi connectivity index (χ1v) is 7.93. The molecule has 2 amide bonds. The molecule has 0 fully saturated rings. The van der Waals surface area contributed by atoms with Crippen LogP contribution in [0.4, 0.5) is 0 Å². The molecule has 2 rings (SSSR count). The van der Waals surface area contributed by atoms with Crippen molar-refractivity contribution in [3.8, 4) is 0 Å². The summed E-state index contributed by atoms with van der Waals surface area (Å²) in [5.41, 5.74) is 1.65. The van der Waals surface area contributed by atoms with Crippen molar-refractivity contribution < 1.29 is 9.59 Å². The largest absolute Gasteiger partial charge is 0.349 e. The Bertz CT molecular complexity index is 701. The molecule has 2 N–H and O–H groups in total. The van der Waals surface area contributed by atoms with Crippen LogP contribution in [0.1, 0.15) is 47.3 Å². The zero-order chi connectivity index (χ0) is 17.5. The Kier molecular flexibility index (Phi) is 6.01. The number of hydrogen-bond acceptors (Lipinski definition) is 4. The summed E-state index contributed by atoms with van der Waals surface area (Å²) in [5, 5.41) is 5.72. The summed E-state index contributed by atoms with van der Waals surface area (Å²) in [6.07, 6.45) is 3.68. The monoisotopic (exact) mass is 326 g/mol. The molecule has 6 nitrogen and oxygen atoms in total. The molecule has 0 bridgehead atoms. The van der Waals surface area contributed by atoms with Crippen LogP contribution >= 0.6 is 0 Å². The Hall–Kier alpha value is -2.76. The molecule has 1 unspecified atom stereocenters. The molecule has 0 saturated carbocycles. The zero-order valence-corrected chi connectivity index (χ0v) is 14.1. The van der Waals surface area contributed by atoms with Crippen molar-refractivity contribution in [3.63, 3.8) is 0 Å². The van der Waals surface area contributed by atoms with E-state index in [0.717, 1.165) is 5.69 Å². The molecule has 0 spiro atoms. The van der Waals surface area contributed by atoms with Gasteiger partial charge in [0.25, 0.3) is 11.8 Å². The summed E-state index contributed by atoms with van der Waals surface area (Å²) in [4.78, 5) is 32.4. The smallest absolute Gasteiger partial charge is 0.270 e. The van der Waals surface area contributed by atoms with Crippen LogP contribution in [-0.4, -0.2) is 33.9 Å². The van der Waals surface area contributed by atoms with E-state index in [-0.39, 0.29) is 23.9 Å². The van der Waals surface area contributed by atoms with E-state index < -0.39 is 0 Å². The molecule has 0 aromatic carbocycles. The van der Waals surface area contributed by atoms with Crippen LogP contribution in [0.2, 0.25) is 0 Å². The first kappa shape index (κ1) is 17.6. The normalized spacial score (nSPS) is 11.8. The molecular weight excluding hydrogens is 304 g/mol. The van der Waals surface area contributed by atoms with E-state index in [9.17, 15) is 9.59 Å². The fourth-order valence-electron chi connectivity index (χ4n) is 2.22. The van der Waals surface area contributed by atoms with Crippen molar-refractivity contribution in [3.05, 3.63) is 59.7 Å². The summed E-state index contributed by atoms with van der Waals surface area (Å²) < 4.78 is 0. The van der Waals surface area contributed by atoms with Gasteiger partial charge in [-0.25, -0.2) is 4.98 Å². The van der Waals surface area contributed by atoms with Crippen LogP contribution in [0.3, 0.4) is 0 Å². The maximum atomic E-state index is 12.1. The maximum Gasteiger partial charge on any atom is 0.270 e. The van der Waals surface area contributed by atoms with Gasteiger partial charge in [0.1, 0.15) is 5.69 Å². The van der Waals surface area contributed by atoms with Gasteiger partial charge in [0.15, 0.2) is 0 Å². The van der Waals surface area contributed by atoms with Gasteiger partial charge in [-0.15, -0.1) is 0 Å². The van der Waals surface area contributed by atoms with E-state index in [1.807, 2.05) is 26.8 Å². The van der Waals surface area contributed by atoms with Crippen LogP contribution in [-0.2, 0) is 6.42 Å². The minimum atomic E-state index is -0.195. The number of aromatic nitrogens is 2. The molecule has 1 atom stereocenters. The van der Waals surface area contributed by atoms with Crippen molar-refractivity contribution in [2.45, 2.75) is 39.3 Å². The average molecular weight is 326 g/mol. The van der Waals surface area contributed by atoms with Gasteiger partial charge >= 0.3 is 0 Å². The third-order valence-electron chi connectivity index (χ3n) is 3.28. The molecule has 0 radical (unpaired) electrons. The molecule has 0 aliphatic heterocycles. The van der Waals surface area contributed by atoms with Crippen LogP contribution in [0, 0.1) is 0 Å². The van der Waals surface area contributed by atoms with Crippen LogP contribution in [0.25, 0.3) is 0 Å². The first-order chi connectivity index (χ1) is 11.5. The third-order valence-corrected chi connectivity index (χ3v) is 3.28. The summed E-state index contributed by atoms with van der Waals surface area (Å²) in [6.45, 7) is 5.70. The van der Waals surface area contributed by atoms with Crippen molar-refractivity contribution in [2.24, 2.45) is 0 Å². The fraction of sp³-hybridized carbons (Fsp3) is 0.333. The number of carbonyl (C=O) groups is 2. The van der Waals surface area contributed by atoms with Crippen molar-refractivity contribution in [1.29, 1.82) is 0 Å². The van der Waals surface area contributed by atoms with Gasteiger partial charge in [-0.3, -0.25) is 14.6 Å². The van der Waals surface area contributed by atoms with Crippen molar-refractivity contribution in [1.82, 2.24) is 20.6 Å². The zero-order valence-electron chi connectivity index (χ0n) is 14.1. The minimum Gasteiger partial charge on any atom is -0.349 e. The Labute approximate surface area is 141 Å². The molecule has 0 aliphatic rings. The van der Waals surface area contributed by atoms with Crippen LogP contribution in [0.5, 0.6) is 0 Å². The summed E-state index contributed by atoms with van der Waals surface area (Å²) in [6, 6.07) is 8.70. The molecule has 126 valence electrons. The van der Waals surface area contributed by atoms with E-state index in [1.165, 1.54) is 6.20 Å². The molecule has 0 aliphatic carbocycles. The molecule has 2 aromatic rings. The summed E-state index contributed by atoms with van der Waals surface area (Å²) in [5.74, 6) is -0.372. The number of amides is 2. The number of rotatable bonds is 6. The van der Waals surface area contributed by atoms with Gasteiger partial charge in [-0.05, 0) is 45.0 Å². The topological polar surface area (TPSA) is 84.0 Å². The van der Waals surface area contributed by atoms with Gasteiger partial charge < -0.3 is 10.6 Å². The van der Waals surface area contributed by atoms with Crippen LogP contribution < -0.4 is 10.6 Å². The van der Waals surface area contributed by atoms with E-state index in [0.29, 0.717) is 17.7 Å². The fourth-order valence-corrected chi connectivity index (χ4v) is 2.22. The van der Waals surface area contributed by atoms with Gasteiger partial charge in [-0.1, -0.05) is 6.07 Å². The van der Waals surface area contributed by atoms with E-state index in [1.54, 1.807) is 30.5 Å². The van der Waals surface area contributed by atoms with Gasteiger partial charge in [0, 0.05) is 36.6 Å². The Balaban J connectivity index is 1.98. The highest BCUT2D eigenvalue weighted by Crippen LogP contribution is 2.05. The number of nitrogens with one attached hydrogen (secondary N) is 2. The molecule has 6 heteroatoms. The van der Waals surface area contributed by atoms with Gasteiger partial charge in [-0.2, -0.15) is 0 Å². The Morgan fingerprint density at radius 2 is 1.83 bits per heavy atom. The highest BCUT2D eigenvalue weighted by Gasteiger charge is 2.13. The molecule has 2 heterocycles. The van der Waals surface area contributed by atoms with E-state index >= 15 is 0 Å². The molecule has 24 heavy (non-hydrogen) atoms. The van der Waals surface area contributed by atoms with Gasteiger partial charge in [0.05, 0.1) is 5.56 Å². The molecule has 0 saturated heterocycles. The second kappa shape index (κ2) is 8.19. The predicted molar refractivity (Wildman–Crippen MR) is 91.7 cm³/mol. The van der Waals surface area contributed by atoms with Crippen LogP contribution in [0.15, 0.2) is 42.7 Å². The maximum absolute atomic E-state index is 12.1. The first-order valence-electron chi connectivity index (χ1n) is 7.93. The van der Waals surface area contributed by atoms with E-state index in [2.05, 4.69) is 20.6 Å². The highest BCUT2D eigenvalue weighted by molar-refractivity contribution is 5.94. The Morgan fingerprint density at radius 1 is 1.04 bits per heavy atom. The molecular formula is C18H22N4O2. The average Bonchev–Trinajstić information content (AvgIpc) is 2.55. The number of pyridine rings is 2. The SMILES string of the molecule is CC(C)NC(=O)c1cccc(CC(C)NC(=O)c2cccnc2)n1. The van der Waals surface area contributed by atoms with Crippen molar-refractivity contribution >= 4 is 11.8 Å². The second-order valence-electron chi connectivity index (χ2n) is 5.96. The van der Waals surface area contributed by atoms with Gasteiger partial charge in [0.2, 0.25) is 0 Å². The van der Waals surface area contributed by atoms with E-state index in [4.69, 9.17) is 0 Å². The lowest BCUT2D eigenvalue weighted by molar-refractivity contribution is 0.0927. The summed E-state index contributed by atoms with van der Waals surface area (Å²) in [7, 11) is 0. The number of hydrogen-bond donors (Lipinski definition) is 2. The lowest BCUT2D eigenvalue weighted by Crippen LogP contribution is -2.34. The predicted octanol–water partition coefficient (Wildman–Crippen LogP) is 1.98. The number of nitrogens with zero attached hydrogens (tertiary/aromatic N) is 2. The lowest BCUT2D eigenvalue weighted by Gasteiger charge is -2.14. The van der Waals surface area contributed by atoms with Crippen molar-refractivity contribution in [2.75, 3.05) is 0 Å². The third kappa shape index (κ3) is 5.15. The molecule has 2 aromatic heterocycles. The minimum absolute atomic E-state index is 0.0562. The summed E-state index contributed by atoms with van der Waals surface area (Å²) >= 11 is 0.